The molecule has 0 saturated carbocycles. The van der Waals surface area contributed by atoms with Gasteiger partial charge in [0.2, 0.25) is 0 Å². The summed E-state index contributed by atoms with van der Waals surface area (Å²) in [5.74, 6) is -1.99. The number of hydrogen-bond donors (Lipinski definition) is 2. The molecule has 2 N–H and O–H groups in total. The van der Waals surface area contributed by atoms with Crippen LogP contribution in [-0.4, -0.2) is 25.0 Å². The minimum Gasteiger partial charge on any atom is -0.349 e. The van der Waals surface area contributed by atoms with E-state index >= 15 is 0 Å². The highest BCUT2D eigenvalue weighted by molar-refractivity contribution is 5.94. The molecule has 1 aromatic rings. The van der Waals surface area contributed by atoms with Crippen LogP contribution in [0.1, 0.15) is 28.8 Å². The molecule has 1 aliphatic rings. The van der Waals surface area contributed by atoms with E-state index in [-0.39, 0.29) is 24.0 Å². The van der Waals surface area contributed by atoms with Crippen molar-refractivity contribution in [3.05, 3.63) is 35.1 Å². The summed E-state index contributed by atoms with van der Waals surface area (Å²) in [7, 11) is 0. The monoisotopic (exact) mass is 326 g/mol. The van der Waals surface area contributed by atoms with Gasteiger partial charge < -0.3 is 10.6 Å². The highest BCUT2D eigenvalue weighted by Gasteiger charge is 2.34. The smallest absolute Gasteiger partial charge is 0.349 e. The van der Waals surface area contributed by atoms with Crippen LogP contribution in [0.25, 0.3) is 0 Å². The second-order valence-corrected chi connectivity index (χ2v) is 4.69. The van der Waals surface area contributed by atoms with Crippen LogP contribution >= 0.6 is 12.4 Å². The number of carbonyl (C=O) groups is 1. The van der Waals surface area contributed by atoms with Crippen LogP contribution in [0, 0.1) is 5.82 Å². The number of piperidine rings is 1. The number of amides is 1. The zero-order valence-corrected chi connectivity index (χ0v) is 11.8. The summed E-state index contributed by atoms with van der Waals surface area (Å²) in [6, 6.07) is 2.20. The van der Waals surface area contributed by atoms with Crippen molar-refractivity contribution in [3.63, 3.8) is 0 Å². The molecule has 0 unspecified atom stereocenters. The first kappa shape index (κ1) is 17.7. The number of halogens is 5. The molecule has 0 aliphatic carbocycles. The van der Waals surface area contributed by atoms with Crippen molar-refractivity contribution >= 4 is 18.3 Å². The maximum absolute atomic E-state index is 13.1. The van der Waals surface area contributed by atoms with Crippen LogP contribution in [0.4, 0.5) is 17.6 Å². The largest absolute Gasteiger partial charge is 0.419 e. The Morgan fingerprint density at radius 3 is 2.43 bits per heavy atom. The molecule has 3 nitrogen and oxygen atoms in total. The molecule has 1 aliphatic heterocycles. The molecule has 1 fully saturated rings. The van der Waals surface area contributed by atoms with Crippen molar-refractivity contribution < 1.29 is 22.4 Å². The molecule has 8 heteroatoms. The third kappa shape index (κ3) is 4.57. The first-order valence-corrected chi connectivity index (χ1v) is 6.26. The first-order valence-electron chi connectivity index (χ1n) is 6.26. The molecule has 1 amide bonds. The number of nitrogens with one attached hydrogen (secondary N) is 2. The van der Waals surface area contributed by atoms with Crippen molar-refractivity contribution in [3.8, 4) is 0 Å². The third-order valence-corrected chi connectivity index (χ3v) is 3.21. The van der Waals surface area contributed by atoms with Gasteiger partial charge in [-0.15, -0.1) is 12.4 Å². The summed E-state index contributed by atoms with van der Waals surface area (Å²) in [6.45, 7) is 1.50. The maximum atomic E-state index is 13.1. The van der Waals surface area contributed by atoms with Crippen LogP contribution in [-0.2, 0) is 6.18 Å². The Hall–Kier alpha value is -1.34. The van der Waals surface area contributed by atoms with Crippen LogP contribution in [0.3, 0.4) is 0 Å². The zero-order valence-electron chi connectivity index (χ0n) is 11.0. The predicted octanol–water partition coefficient (Wildman–Crippen LogP) is 2.75. The molecule has 1 aromatic carbocycles. The number of hydrogen-bond acceptors (Lipinski definition) is 2. The maximum Gasteiger partial charge on any atom is 0.419 e. The van der Waals surface area contributed by atoms with Gasteiger partial charge in [0.05, 0.1) is 5.56 Å². The average Bonchev–Trinajstić information content (AvgIpc) is 2.39. The van der Waals surface area contributed by atoms with Crippen molar-refractivity contribution in [1.29, 1.82) is 0 Å². The van der Waals surface area contributed by atoms with E-state index in [1.165, 1.54) is 0 Å². The Bertz CT molecular complexity index is 501. The number of alkyl halides is 3. The van der Waals surface area contributed by atoms with E-state index in [2.05, 4.69) is 10.6 Å². The highest BCUT2D eigenvalue weighted by atomic mass is 35.5. The molecule has 21 heavy (non-hydrogen) atoms. The molecule has 0 spiro atoms. The Morgan fingerprint density at radius 2 is 1.86 bits per heavy atom. The fraction of sp³-hybridized carbons (Fsp3) is 0.462. The number of rotatable bonds is 2. The zero-order chi connectivity index (χ0) is 14.8. The summed E-state index contributed by atoms with van der Waals surface area (Å²) in [5, 5.41) is 5.78. The van der Waals surface area contributed by atoms with E-state index in [9.17, 15) is 22.4 Å². The lowest BCUT2D eigenvalue weighted by molar-refractivity contribution is -0.140. The molecule has 1 saturated heterocycles. The molecule has 0 aromatic heterocycles. The van der Waals surface area contributed by atoms with Crippen LogP contribution < -0.4 is 10.6 Å². The quantitative estimate of drug-likeness (QED) is 0.821. The standard InChI is InChI=1S/C13H14F4N2O.ClH/c14-11-2-1-8(7-10(11)13(15,16)17)12(20)19-9-3-5-18-6-4-9;/h1-2,7,9,18H,3-6H2,(H,19,20);1H. The van der Waals surface area contributed by atoms with Gasteiger partial charge in [0.25, 0.3) is 5.91 Å². The van der Waals surface area contributed by atoms with E-state index in [1.54, 1.807) is 0 Å². The summed E-state index contributed by atoms with van der Waals surface area (Å²) in [4.78, 5) is 11.9. The fourth-order valence-corrected chi connectivity index (χ4v) is 2.12. The molecule has 2 rings (SSSR count). The van der Waals surface area contributed by atoms with E-state index in [0.717, 1.165) is 32.0 Å². The number of benzene rings is 1. The minimum atomic E-state index is -4.81. The third-order valence-electron chi connectivity index (χ3n) is 3.21. The van der Waals surface area contributed by atoms with E-state index in [1.807, 2.05) is 0 Å². The van der Waals surface area contributed by atoms with Gasteiger partial charge in [-0.2, -0.15) is 13.2 Å². The predicted molar refractivity (Wildman–Crippen MR) is 72.0 cm³/mol. The Labute approximate surface area is 125 Å². The summed E-state index contributed by atoms with van der Waals surface area (Å²) >= 11 is 0. The van der Waals surface area contributed by atoms with E-state index < -0.39 is 23.5 Å². The molecule has 0 radical (unpaired) electrons. The van der Waals surface area contributed by atoms with Gasteiger partial charge >= 0.3 is 6.18 Å². The number of carbonyl (C=O) groups excluding carboxylic acids is 1. The minimum absolute atomic E-state index is 0. The van der Waals surface area contributed by atoms with Crippen molar-refractivity contribution in [1.82, 2.24) is 10.6 Å². The van der Waals surface area contributed by atoms with Crippen LogP contribution in [0.2, 0.25) is 0 Å². The Balaban J connectivity index is 0.00000220. The average molecular weight is 327 g/mol. The molecular weight excluding hydrogens is 312 g/mol. The lowest BCUT2D eigenvalue weighted by Gasteiger charge is -2.23. The van der Waals surface area contributed by atoms with Crippen LogP contribution in [0.15, 0.2) is 18.2 Å². The Kier molecular flexibility index (Phi) is 5.98. The summed E-state index contributed by atoms with van der Waals surface area (Å²) < 4.78 is 50.8. The summed E-state index contributed by atoms with van der Waals surface area (Å²) in [6.07, 6.45) is -3.37. The topological polar surface area (TPSA) is 41.1 Å². The summed E-state index contributed by atoms with van der Waals surface area (Å²) in [5.41, 5.74) is -1.60. The van der Waals surface area contributed by atoms with Gasteiger partial charge in [-0.1, -0.05) is 0 Å². The second-order valence-electron chi connectivity index (χ2n) is 4.69. The van der Waals surface area contributed by atoms with Gasteiger partial charge in [-0.25, -0.2) is 4.39 Å². The van der Waals surface area contributed by atoms with Gasteiger partial charge in [0.1, 0.15) is 5.82 Å². The fourth-order valence-electron chi connectivity index (χ4n) is 2.12. The van der Waals surface area contributed by atoms with Gasteiger partial charge in [-0.3, -0.25) is 4.79 Å². The Morgan fingerprint density at radius 1 is 1.24 bits per heavy atom. The second kappa shape index (κ2) is 7.09. The normalized spacial score (nSPS) is 16.2. The molecule has 0 bridgehead atoms. The highest BCUT2D eigenvalue weighted by Crippen LogP contribution is 2.31. The lowest BCUT2D eigenvalue weighted by atomic mass is 10.0. The molecule has 1 heterocycles. The SMILES string of the molecule is Cl.O=C(NC1CCNCC1)c1ccc(F)c(C(F)(F)F)c1. The molecular formula is C13H15ClF4N2O. The molecule has 118 valence electrons. The van der Waals surface area contributed by atoms with Crippen molar-refractivity contribution in [2.75, 3.05) is 13.1 Å². The van der Waals surface area contributed by atoms with Crippen molar-refractivity contribution in [2.24, 2.45) is 0 Å². The van der Waals surface area contributed by atoms with Gasteiger partial charge in [0.15, 0.2) is 0 Å². The van der Waals surface area contributed by atoms with Gasteiger partial charge in [0, 0.05) is 11.6 Å². The van der Waals surface area contributed by atoms with E-state index in [0.29, 0.717) is 12.1 Å². The first-order chi connectivity index (χ1) is 9.38. The lowest BCUT2D eigenvalue weighted by Crippen LogP contribution is -2.42. The van der Waals surface area contributed by atoms with E-state index in [4.69, 9.17) is 0 Å². The van der Waals surface area contributed by atoms with Gasteiger partial charge in [-0.05, 0) is 44.1 Å². The van der Waals surface area contributed by atoms with Crippen LogP contribution in [0.5, 0.6) is 0 Å². The van der Waals surface area contributed by atoms with Crippen molar-refractivity contribution in [2.45, 2.75) is 25.1 Å². The molecule has 0 atom stereocenters.